The molecule has 0 spiro atoms. The molecule has 0 aliphatic carbocycles. The molecule has 0 N–H and O–H groups in total. The van der Waals surface area contributed by atoms with Crippen molar-refractivity contribution in [2.75, 3.05) is 6.61 Å². The minimum absolute atomic E-state index is 0.592. The van der Waals surface area contributed by atoms with Crippen molar-refractivity contribution in [1.82, 2.24) is 0 Å². The number of allylic oxidation sites excluding steroid dienone is 2. The highest BCUT2D eigenvalue weighted by Crippen LogP contribution is 2.29. The van der Waals surface area contributed by atoms with Gasteiger partial charge in [-0.3, -0.25) is 0 Å². The molecule has 0 amide bonds. The monoisotopic (exact) mass is 260 g/mol. The lowest BCUT2D eigenvalue weighted by Gasteiger charge is -2.18. The lowest BCUT2D eigenvalue weighted by atomic mass is 9.90. The van der Waals surface area contributed by atoms with Crippen LogP contribution in [0.4, 0.5) is 0 Å². The first-order valence-corrected chi connectivity index (χ1v) is 7.40. The summed E-state index contributed by atoms with van der Waals surface area (Å²) in [5.41, 5.74) is 5.51. The number of aryl methyl sites for hydroxylation is 1. The number of hydrogen-bond acceptors (Lipinski definition) is 1. The van der Waals surface area contributed by atoms with Crippen molar-refractivity contribution >= 4 is 0 Å². The summed E-state index contributed by atoms with van der Waals surface area (Å²) in [6, 6.07) is 2.19. The molecule has 0 radical (unpaired) electrons. The minimum atomic E-state index is 0.592. The van der Waals surface area contributed by atoms with Gasteiger partial charge in [-0.1, -0.05) is 26.0 Å². The van der Waals surface area contributed by atoms with Crippen LogP contribution < -0.4 is 4.74 Å². The Balaban J connectivity index is 3.02. The van der Waals surface area contributed by atoms with Crippen molar-refractivity contribution in [2.45, 2.75) is 54.4 Å². The summed E-state index contributed by atoms with van der Waals surface area (Å²) in [7, 11) is 0. The second-order valence-corrected chi connectivity index (χ2v) is 5.37. The Labute approximate surface area is 118 Å². The van der Waals surface area contributed by atoms with E-state index in [1.165, 1.54) is 22.3 Å². The van der Waals surface area contributed by atoms with Gasteiger partial charge >= 0.3 is 0 Å². The highest BCUT2D eigenvalue weighted by atomic mass is 16.5. The molecular weight excluding hydrogens is 232 g/mol. The lowest BCUT2D eigenvalue weighted by molar-refractivity contribution is 0.337. The van der Waals surface area contributed by atoms with E-state index >= 15 is 0 Å². The van der Waals surface area contributed by atoms with Gasteiger partial charge in [-0.2, -0.15) is 0 Å². The van der Waals surface area contributed by atoms with Gasteiger partial charge in [0.1, 0.15) is 5.75 Å². The van der Waals surface area contributed by atoms with E-state index in [1.54, 1.807) is 0 Å². The molecule has 0 aromatic heterocycles. The zero-order valence-electron chi connectivity index (χ0n) is 13.3. The highest BCUT2D eigenvalue weighted by Gasteiger charge is 2.12. The highest BCUT2D eigenvalue weighted by molar-refractivity contribution is 5.48. The van der Waals surface area contributed by atoms with Crippen LogP contribution in [-0.2, 0) is 6.42 Å². The summed E-state index contributed by atoms with van der Waals surface area (Å²) >= 11 is 0. The Bertz CT molecular complexity index is 443. The van der Waals surface area contributed by atoms with Gasteiger partial charge in [0.25, 0.3) is 0 Å². The molecule has 1 rings (SSSR count). The van der Waals surface area contributed by atoms with Crippen LogP contribution in [0, 0.1) is 26.7 Å². The smallest absolute Gasteiger partial charge is 0.122 e. The zero-order valence-corrected chi connectivity index (χ0v) is 13.3. The molecule has 106 valence electrons. The molecule has 1 atom stereocenters. The maximum Gasteiger partial charge on any atom is 0.122 e. The number of benzene rings is 1. The molecule has 1 aromatic carbocycles. The van der Waals surface area contributed by atoms with Gasteiger partial charge in [-0.15, -0.1) is 0 Å². The van der Waals surface area contributed by atoms with Crippen LogP contribution in [0.3, 0.4) is 0 Å². The van der Waals surface area contributed by atoms with Crippen LogP contribution >= 0.6 is 0 Å². The molecule has 0 heterocycles. The summed E-state index contributed by atoms with van der Waals surface area (Å²) in [5, 5.41) is 0. The molecule has 0 saturated heterocycles. The van der Waals surface area contributed by atoms with Crippen LogP contribution in [-0.4, -0.2) is 6.61 Å². The number of rotatable bonds is 6. The third-order valence-corrected chi connectivity index (χ3v) is 3.73. The molecule has 0 aliphatic heterocycles. The molecule has 0 bridgehead atoms. The van der Waals surface area contributed by atoms with E-state index in [2.05, 4.69) is 52.8 Å². The minimum Gasteiger partial charge on any atom is -0.494 e. The summed E-state index contributed by atoms with van der Waals surface area (Å²) in [6.07, 6.45) is 6.81. The average Bonchev–Trinajstić information content (AvgIpc) is 2.38. The van der Waals surface area contributed by atoms with Gasteiger partial charge in [0.05, 0.1) is 6.61 Å². The standard InChI is InChI=1S/C18H28O/c1-7-9-10-13(3)11-17-14(4)12-18(19-8-2)16(6)15(17)5/h9-10,12-13H,7-8,11H2,1-6H3/b10-9-. The van der Waals surface area contributed by atoms with Crippen molar-refractivity contribution in [3.63, 3.8) is 0 Å². The SMILES string of the molecule is CC/C=C\C(C)Cc1c(C)cc(OCC)c(C)c1C. The fourth-order valence-electron chi connectivity index (χ4n) is 2.48. The van der Waals surface area contributed by atoms with E-state index in [9.17, 15) is 0 Å². The molecule has 0 aliphatic rings. The van der Waals surface area contributed by atoms with E-state index in [-0.39, 0.29) is 0 Å². The maximum atomic E-state index is 5.71. The topological polar surface area (TPSA) is 9.23 Å². The summed E-state index contributed by atoms with van der Waals surface area (Å²) in [4.78, 5) is 0. The van der Waals surface area contributed by atoms with Gasteiger partial charge in [0.15, 0.2) is 0 Å². The van der Waals surface area contributed by atoms with Gasteiger partial charge < -0.3 is 4.74 Å². The average molecular weight is 260 g/mol. The largest absolute Gasteiger partial charge is 0.494 e. The molecular formula is C18H28O. The third kappa shape index (κ3) is 4.12. The van der Waals surface area contributed by atoms with E-state index in [4.69, 9.17) is 4.74 Å². The normalized spacial score (nSPS) is 12.9. The van der Waals surface area contributed by atoms with Crippen molar-refractivity contribution in [1.29, 1.82) is 0 Å². The second kappa shape index (κ2) is 7.37. The van der Waals surface area contributed by atoms with Crippen LogP contribution in [0.15, 0.2) is 18.2 Å². The molecule has 1 nitrogen and oxygen atoms in total. The fraction of sp³-hybridized carbons (Fsp3) is 0.556. The maximum absolute atomic E-state index is 5.71. The number of ether oxygens (including phenoxy) is 1. The first kappa shape index (κ1) is 15.8. The Morgan fingerprint density at radius 3 is 2.42 bits per heavy atom. The van der Waals surface area contributed by atoms with Crippen molar-refractivity contribution in [3.05, 3.63) is 40.5 Å². The van der Waals surface area contributed by atoms with E-state index in [0.29, 0.717) is 5.92 Å². The quantitative estimate of drug-likeness (QED) is 0.642. The molecule has 0 fully saturated rings. The van der Waals surface area contributed by atoms with E-state index in [0.717, 1.165) is 25.2 Å². The van der Waals surface area contributed by atoms with Crippen LogP contribution in [0.5, 0.6) is 5.75 Å². The Morgan fingerprint density at radius 2 is 1.84 bits per heavy atom. The second-order valence-electron chi connectivity index (χ2n) is 5.37. The van der Waals surface area contributed by atoms with Crippen LogP contribution in [0.1, 0.15) is 49.4 Å². The first-order chi connectivity index (χ1) is 9.01. The zero-order chi connectivity index (χ0) is 14.4. The van der Waals surface area contributed by atoms with E-state index < -0.39 is 0 Å². The van der Waals surface area contributed by atoms with Crippen LogP contribution in [0.2, 0.25) is 0 Å². The summed E-state index contributed by atoms with van der Waals surface area (Å²) in [6.45, 7) is 13.8. The Hall–Kier alpha value is -1.24. The Kier molecular flexibility index (Phi) is 6.14. The first-order valence-electron chi connectivity index (χ1n) is 7.40. The van der Waals surface area contributed by atoms with Crippen molar-refractivity contribution < 1.29 is 4.74 Å². The molecule has 1 heteroatoms. The summed E-state index contributed by atoms with van der Waals surface area (Å²) < 4.78 is 5.71. The molecule has 1 aromatic rings. The molecule has 19 heavy (non-hydrogen) atoms. The van der Waals surface area contributed by atoms with Gasteiger partial charge in [-0.05, 0) is 74.8 Å². The Morgan fingerprint density at radius 1 is 1.16 bits per heavy atom. The van der Waals surface area contributed by atoms with E-state index in [1.807, 2.05) is 6.92 Å². The van der Waals surface area contributed by atoms with Gasteiger partial charge in [0.2, 0.25) is 0 Å². The fourth-order valence-corrected chi connectivity index (χ4v) is 2.48. The summed E-state index contributed by atoms with van der Waals surface area (Å²) in [5.74, 6) is 1.63. The van der Waals surface area contributed by atoms with Gasteiger partial charge in [0, 0.05) is 0 Å². The molecule has 0 saturated carbocycles. The predicted molar refractivity (Wildman–Crippen MR) is 84.1 cm³/mol. The van der Waals surface area contributed by atoms with Crippen molar-refractivity contribution in [2.24, 2.45) is 5.92 Å². The van der Waals surface area contributed by atoms with Gasteiger partial charge in [-0.25, -0.2) is 0 Å². The van der Waals surface area contributed by atoms with Crippen LogP contribution in [0.25, 0.3) is 0 Å². The predicted octanol–water partition coefficient (Wildman–Crippen LogP) is 5.16. The lowest BCUT2D eigenvalue weighted by Crippen LogP contribution is -2.05. The number of hydrogen-bond donors (Lipinski definition) is 0. The third-order valence-electron chi connectivity index (χ3n) is 3.73. The molecule has 1 unspecified atom stereocenters. The van der Waals surface area contributed by atoms with Crippen molar-refractivity contribution in [3.8, 4) is 5.75 Å².